The van der Waals surface area contributed by atoms with Crippen molar-refractivity contribution >= 4 is 5.69 Å². The Labute approximate surface area is 102 Å². The minimum absolute atomic E-state index is 0.626. The van der Waals surface area contributed by atoms with E-state index < -0.39 is 6.10 Å². The van der Waals surface area contributed by atoms with Crippen molar-refractivity contribution in [3.05, 3.63) is 64.7 Å². The fraction of sp³-hybridized carbons (Fsp3) is 0.200. The highest BCUT2D eigenvalue weighted by molar-refractivity contribution is 5.51. The van der Waals surface area contributed by atoms with Gasteiger partial charge in [-0.25, -0.2) is 0 Å². The van der Waals surface area contributed by atoms with E-state index in [1.165, 1.54) is 5.56 Å². The third kappa shape index (κ3) is 2.17. The van der Waals surface area contributed by atoms with E-state index in [4.69, 9.17) is 5.73 Å². The Morgan fingerprint density at radius 3 is 2.29 bits per heavy atom. The molecule has 0 spiro atoms. The zero-order valence-corrected chi connectivity index (χ0v) is 10.1. The first-order chi connectivity index (χ1) is 8.11. The van der Waals surface area contributed by atoms with Crippen LogP contribution >= 0.6 is 0 Å². The van der Waals surface area contributed by atoms with Gasteiger partial charge in [0.2, 0.25) is 0 Å². The molecule has 2 heteroatoms. The number of nitrogens with two attached hydrogens (primary N) is 1. The standard InChI is InChI=1S/C15H17NO/c1-10-6-5-8-12(11(10)2)15(17)13-7-3-4-9-14(13)16/h3-9,15,17H,16H2,1-2H3. The van der Waals surface area contributed by atoms with Crippen molar-refractivity contribution in [1.82, 2.24) is 0 Å². The van der Waals surface area contributed by atoms with E-state index >= 15 is 0 Å². The van der Waals surface area contributed by atoms with Crippen molar-refractivity contribution in [1.29, 1.82) is 0 Å². The molecule has 0 saturated carbocycles. The second kappa shape index (κ2) is 4.60. The van der Waals surface area contributed by atoms with Crippen LogP contribution in [-0.2, 0) is 0 Å². The average molecular weight is 227 g/mol. The molecule has 0 aromatic heterocycles. The lowest BCUT2D eigenvalue weighted by Crippen LogP contribution is -2.05. The van der Waals surface area contributed by atoms with Gasteiger partial charge in [0.15, 0.2) is 0 Å². The van der Waals surface area contributed by atoms with Gasteiger partial charge >= 0.3 is 0 Å². The summed E-state index contributed by atoms with van der Waals surface area (Å²) in [7, 11) is 0. The number of aliphatic hydroxyl groups excluding tert-OH is 1. The maximum absolute atomic E-state index is 10.4. The first-order valence-electron chi connectivity index (χ1n) is 5.70. The Bertz CT molecular complexity index is 534. The molecule has 0 aliphatic carbocycles. The quantitative estimate of drug-likeness (QED) is 0.775. The number of rotatable bonds is 2. The van der Waals surface area contributed by atoms with Gasteiger partial charge in [-0.3, -0.25) is 0 Å². The zero-order valence-electron chi connectivity index (χ0n) is 10.1. The fourth-order valence-corrected chi connectivity index (χ4v) is 2.00. The van der Waals surface area contributed by atoms with E-state index in [0.29, 0.717) is 5.69 Å². The molecule has 2 aromatic rings. The molecule has 88 valence electrons. The third-order valence-corrected chi connectivity index (χ3v) is 3.23. The summed E-state index contributed by atoms with van der Waals surface area (Å²) in [6.45, 7) is 4.06. The number of hydrogen-bond acceptors (Lipinski definition) is 2. The van der Waals surface area contributed by atoms with Crippen LogP contribution in [0.1, 0.15) is 28.4 Å². The normalized spacial score (nSPS) is 12.4. The summed E-state index contributed by atoms with van der Waals surface area (Å²) < 4.78 is 0. The van der Waals surface area contributed by atoms with Crippen LogP contribution in [0.3, 0.4) is 0 Å². The van der Waals surface area contributed by atoms with Gasteiger partial charge in [0.05, 0.1) is 0 Å². The molecule has 2 aromatic carbocycles. The fourth-order valence-electron chi connectivity index (χ4n) is 2.00. The summed E-state index contributed by atoms with van der Waals surface area (Å²) in [6.07, 6.45) is -0.656. The lowest BCUT2D eigenvalue weighted by atomic mass is 9.94. The van der Waals surface area contributed by atoms with Gasteiger partial charge in [-0.05, 0) is 36.6 Å². The van der Waals surface area contributed by atoms with Gasteiger partial charge in [-0.15, -0.1) is 0 Å². The van der Waals surface area contributed by atoms with E-state index in [1.54, 1.807) is 0 Å². The van der Waals surface area contributed by atoms with Crippen LogP contribution in [-0.4, -0.2) is 5.11 Å². The molecule has 0 saturated heterocycles. The number of aryl methyl sites for hydroxylation is 1. The van der Waals surface area contributed by atoms with E-state index in [2.05, 4.69) is 0 Å². The highest BCUT2D eigenvalue weighted by atomic mass is 16.3. The number of benzene rings is 2. The number of aliphatic hydroxyl groups is 1. The Morgan fingerprint density at radius 2 is 1.59 bits per heavy atom. The summed E-state index contributed by atoms with van der Waals surface area (Å²) in [5.41, 5.74) is 10.5. The van der Waals surface area contributed by atoms with Crippen LogP contribution < -0.4 is 5.73 Å². The molecule has 0 amide bonds. The van der Waals surface area contributed by atoms with Crippen LogP contribution in [0.25, 0.3) is 0 Å². The summed E-state index contributed by atoms with van der Waals surface area (Å²) in [4.78, 5) is 0. The van der Waals surface area contributed by atoms with Crippen LogP contribution in [0.5, 0.6) is 0 Å². The van der Waals surface area contributed by atoms with Crippen molar-refractivity contribution in [3.63, 3.8) is 0 Å². The molecule has 0 heterocycles. The molecule has 0 bridgehead atoms. The van der Waals surface area contributed by atoms with Gasteiger partial charge < -0.3 is 10.8 Å². The van der Waals surface area contributed by atoms with E-state index in [1.807, 2.05) is 56.3 Å². The number of anilines is 1. The maximum Gasteiger partial charge on any atom is 0.106 e. The molecule has 3 N–H and O–H groups in total. The van der Waals surface area contributed by atoms with Gasteiger partial charge in [-0.1, -0.05) is 36.4 Å². The molecular formula is C15H17NO. The SMILES string of the molecule is Cc1cccc(C(O)c2ccccc2N)c1C. The first-order valence-corrected chi connectivity index (χ1v) is 5.70. The molecule has 0 radical (unpaired) electrons. The third-order valence-electron chi connectivity index (χ3n) is 3.23. The second-order valence-corrected chi connectivity index (χ2v) is 4.32. The molecule has 0 fully saturated rings. The second-order valence-electron chi connectivity index (χ2n) is 4.32. The first kappa shape index (κ1) is 11.7. The Morgan fingerprint density at radius 1 is 0.941 bits per heavy atom. The van der Waals surface area contributed by atoms with E-state index in [9.17, 15) is 5.11 Å². The van der Waals surface area contributed by atoms with Crippen molar-refractivity contribution < 1.29 is 5.11 Å². The lowest BCUT2D eigenvalue weighted by molar-refractivity contribution is 0.220. The predicted octanol–water partition coefficient (Wildman–Crippen LogP) is 2.97. The van der Waals surface area contributed by atoms with Crippen molar-refractivity contribution in [3.8, 4) is 0 Å². The van der Waals surface area contributed by atoms with Crippen LogP contribution in [0.2, 0.25) is 0 Å². The Kier molecular flexibility index (Phi) is 3.16. The maximum atomic E-state index is 10.4. The lowest BCUT2D eigenvalue weighted by Gasteiger charge is -2.17. The molecule has 2 rings (SSSR count). The highest BCUT2D eigenvalue weighted by Crippen LogP contribution is 2.29. The molecule has 1 atom stereocenters. The van der Waals surface area contributed by atoms with Gasteiger partial charge in [0, 0.05) is 11.3 Å². The smallest absolute Gasteiger partial charge is 0.106 e. The summed E-state index contributed by atoms with van der Waals surface area (Å²) >= 11 is 0. The largest absolute Gasteiger partial charge is 0.398 e. The number of para-hydroxylation sites is 1. The summed E-state index contributed by atoms with van der Waals surface area (Å²) in [5.74, 6) is 0. The average Bonchev–Trinajstić information content (AvgIpc) is 2.32. The molecular weight excluding hydrogens is 210 g/mol. The molecule has 0 aliphatic rings. The topological polar surface area (TPSA) is 46.2 Å². The van der Waals surface area contributed by atoms with Gasteiger partial charge in [-0.2, -0.15) is 0 Å². The van der Waals surface area contributed by atoms with Crippen molar-refractivity contribution in [2.45, 2.75) is 20.0 Å². The van der Waals surface area contributed by atoms with Gasteiger partial charge in [0.25, 0.3) is 0 Å². The van der Waals surface area contributed by atoms with Gasteiger partial charge in [0.1, 0.15) is 6.10 Å². The highest BCUT2D eigenvalue weighted by Gasteiger charge is 2.15. The summed E-state index contributed by atoms with van der Waals surface area (Å²) in [5, 5.41) is 10.4. The predicted molar refractivity (Wildman–Crippen MR) is 70.8 cm³/mol. The number of nitrogen functional groups attached to an aromatic ring is 1. The molecule has 1 unspecified atom stereocenters. The van der Waals surface area contributed by atoms with Crippen LogP contribution in [0, 0.1) is 13.8 Å². The Hall–Kier alpha value is -1.80. The summed E-state index contributed by atoms with van der Waals surface area (Å²) in [6, 6.07) is 13.4. The van der Waals surface area contributed by atoms with Crippen molar-refractivity contribution in [2.75, 3.05) is 5.73 Å². The van der Waals surface area contributed by atoms with Crippen LogP contribution in [0.4, 0.5) is 5.69 Å². The zero-order chi connectivity index (χ0) is 12.4. The van der Waals surface area contributed by atoms with Crippen LogP contribution in [0.15, 0.2) is 42.5 Å². The minimum Gasteiger partial charge on any atom is -0.398 e. The Balaban J connectivity index is 2.48. The molecule has 2 nitrogen and oxygen atoms in total. The van der Waals surface area contributed by atoms with E-state index in [-0.39, 0.29) is 0 Å². The molecule has 17 heavy (non-hydrogen) atoms. The molecule has 0 aliphatic heterocycles. The minimum atomic E-state index is -0.656. The van der Waals surface area contributed by atoms with Crippen molar-refractivity contribution in [2.24, 2.45) is 0 Å². The number of hydrogen-bond donors (Lipinski definition) is 2. The monoisotopic (exact) mass is 227 g/mol. The van der Waals surface area contributed by atoms with E-state index in [0.717, 1.165) is 16.7 Å².